The highest BCUT2D eigenvalue weighted by Gasteiger charge is 2.32. The lowest BCUT2D eigenvalue weighted by Gasteiger charge is -2.23. The fourth-order valence-corrected chi connectivity index (χ4v) is 4.94. The Labute approximate surface area is 168 Å². The highest BCUT2D eigenvalue weighted by atomic mass is 32.2. The van der Waals surface area contributed by atoms with E-state index in [4.69, 9.17) is 4.74 Å². The summed E-state index contributed by atoms with van der Waals surface area (Å²) in [6.07, 6.45) is 0.375. The van der Waals surface area contributed by atoms with Crippen LogP contribution in [0, 0.1) is 0 Å². The number of sulfone groups is 1. The van der Waals surface area contributed by atoms with E-state index >= 15 is 0 Å². The molecule has 29 heavy (non-hydrogen) atoms. The Morgan fingerprint density at radius 3 is 2.55 bits per heavy atom. The van der Waals surface area contributed by atoms with Gasteiger partial charge in [-0.3, -0.25) is 14.4 Å². The molecule has 3 rings (SSSR count). The lowest BCUT2D eigenvalue weighted by Crippen LogP contribution is -2.41. The lowest BCUT2D eigenvalue weighted by atomic mass is 10.1. The number of nitrogens with zero attached hydrogens (tertiary/aromatic N) is 1. The van der Waals surface area contributed by atoms with E-state index < -0.39 is 40.3 Å². The first kappa shape index (κ1) is 20.8. The molecule has 154 valence electrons. The van der Waals surface area contributed by atoms with Crippen LogP contribution >= 0.6 is 0 Å². The van der Waals surface area contributed by atoms with Crippen molar-refractivity contribution in [3.05, 3.63) is 48.0 Å². The summed E-state index contributed by atoms with van der Waals surface area (Å²) in [4.78, 5) is 37.5. The summed E-state index contributed by atoms with van der Waals surface area (Å²) in [5.74, 6) is -1.69. The average molecular weight is 418 g/mol. The van der Waals surface area contributed by atoms with Crippen LogP contribution in [0.1, 0.15) is 16.8 Å². The van der Waals surface area contributed by atoms with Gasteiger partial charge in [-0.05, 0) is 29.3 Å². The van der Waals surface area contributed by atoms with Crippen LogP contribution < -0.4 is 5.32 Å². The summed E-state index contributed by atoms with van der Waals surface area (Å²) in [6.45, 7) is -0.877. The van der Waals surface area contributed by atoms with Gasteiger partial charge in [0.15, 0.2) is 16.4 Å². The lowest BCUT2D eigenvalue weighted by molar-refractivity contribution is -0.151. The number of likely N-dealkylation sites (N-methyl/N-ethyl adjacent to an activating group) is 1. The van der Waals surface area contributed by atoms with E-state index in [-0.39, 0.29) is 18.1 Å². The summed E-state index contributed by atoms with van der Waals surface area (Å²) in [5, 5.41) is 4.37. The molecule has 0 spiro atoms. The van der Waals surface area contributed by atoms with Crippen molar-refractivity contribution in [2.75, 3.05) is 31.7 Å². The molecule has 0 aromatic heterocycles. The van der Waals surface area contributed by atoms with E-state index in [9.17, 15) is 22.8 Å². The van der Waals surface area contributed by atoms with Crippen molar-refractivity contribution in [1.82, 2.24) is 10.2 Å². The van der Waals surface area contributed by atoms with Gasteiger partial charge in [-0.1, -0.05) is 30.3 Å². The Bertz CT molecular complexity index is 1050. The van der Waals surface area contributed by atoms with Crippen molar-refractivity contribution < 1.29 is 27.5 Å². The number of carbonyl (C=O) groups is 3. The van der Waals surface area contributed by atoms with Gasteiger partial charge < -0.3 is 15.0 Å². The highest BCUT2D eigenvalue weighted by Crippen LogP contribution is 2.17. The molecule has 2 aromatic rings. The summed E-state index contributed by atoms with van der Waals surface area (Å²) >= 11 is 0. The van der Waals surface area contributed by atoms with Gasteiger partial charge in [-0.15, -0.1) is 0 Å². The summed E-state index contributed by atoms with van der Waals surface area (Å²) < 4.78 is 27.9. The van der Waals surface area contributed by atoms with Crippen LogP contribution in [0.2, 0.25) is 0 Å². The number of carbonyl (C=O) groups excluding carboxylic acids is 3. The monoisotopic (exact) mass is 418 g/mol. The van der Waals surface area contributed by atoms with Crippen LogP contribution in [0.15, 0.2) is 42.5 Å². The first-order valence-corrected chi connectivity index (χ1v) is 11.0. The third kappa shape index (κ3) is 5.32. The van der Waals surface area contributed by atoms with Gasteiger partial charge in [0.2, 0.25) is 0 Å². The second-order valence-electron chi connectivity index (χ2n) is 6.97. The molecule has 0 radical (unpaired) electrons. The molecular formula is C20H22N2O6S. The summed E-state index contributed by atoms with van der Waals surface area (Å²) in [7, 11) is -1.62. The van der Waals surface area contributed by atoms with E-state index in [0.717, 1.165) is 10.8 Å². The van der Waals surface area contributed by atoms with E-state index in [0.29, 0.717) is 12.0 Å². The molecule has 2 amide bonds. The topological polar surface area (TPSA) is 110 Å². The van der Waals surface area contributed by atoms with E-state index in [1.54, 1.807) is 12.1 Å². The van der Waals surface area contributed by atoms with Crippen LogP contribution in [0.3, 0.4) is 0 Å². The molecule has 1 atom stereocenters. The minimum atomic E-state index is -3.11. The molecule has 1 fully saturated rings. The molecule has 1 heterocycles. The third-order valence-corrected chi connectivity index (χ3v) is 6.66. The second-order valence-corrected chi connectivity index (χ2v) is 9.20. The molecular weight excluding hydrogens is 396 g/mol. The van der Waals surface area contributed by atoms with Gasteiger partial charge in [-0.25, -0.2) is 8.42 Å². The maximum absolute atomic E-state index is 12.2. The Hall–Kier alpha value is -2.94. The number of rotatable bonds is 6. The Kier molecular flexibility index (Phi) is 6.17. The zero-order valence-electron chi connectivity index (χ0n) is 16.0. The molecule has 8 nitrogen and oxygen atoms in total. The van der Waals surface area contributed by atoms with Crippen LogP contribution in [-0.4, -0.2) is 68.8 Å². The number of ether oxygens (including phenoxy) is 1. The van der Waals surface area contributed by atoms with Crippen molar-refractivity contribution in [2.45, 2.75) is 12.5 Å². The maximum atomic E-state index is 12.2. The van der Waals surface area contributed by atoms with Gasteiger partial charge in [0, 0.05) is 18.7 Å². The van der Waals surface area contributed by atoms with Crippen LogP contribution in [0.4, 0.5) is 0 Å². The minimum Gasteiger partial charge on any atom is -0.454 e. The molecule has 0 bridgehead atoms. The maximum Gasteiger partial charge on any atom is 0.325 e. The van der Waals surface area contributed by atoms with Crippen molar-refractivity contribution in [1.29, 1.82) is 0 Å². The molecule has 1 saturated heterocycles. The summed E-state index contributed by atoms with van der Waals surface area (Å²) in [6, 6.07) is 12.4. The molecule has 0 aliphatic carbocycles. The smallest absolute Gasteiger partial charge is 0.325 e. The van der Waals surface area contributed by atoms with Crippen molar-refractivity contribution in [3.63, 3.8) is 0 Å². The van der Waals surface area contributed by atoms with Gasteiger partial charge >= 0.3 is 5.97 Å². The SMILES string of the molecule is CN(C(=O)COC(=O)CNC(=O)c1ccc2ccccc2c1)C1CCS(=O)(=O)C1. The number of nitrogens with one attached hydrogen (secondary N) is 1. The van der Waals surface area contributed by atoms with Gasteiger partial charge in [-0.2, -0.15) is 0 Å². The normalized spacial score (nSPS) is 17.6. The highest BCUT2D eigenvalue weighted by molar-refractivity contribution is 7.91. The fraction of sp³-hybridized carbons (Fsp3) is 0.350. The number of esters is 1. The number of benzene rings is 2. The number of hydrogen-bond donors (Lipinski definition) is 1. The van der Waals surface area contributed by atoms with E-state index in [1.807, 2.05) is 30.3 Å². The third-order valence-electron chi connectivity index (χ3n) is 4.91. The molecule has 1 aliphatic heterocycles. The van der Waals surface area contributed by atoms with Gasteiger partial charge in [0.25, 0.3) is 11.8 Å². The first-order chi connectivity index (χ1) is 13.7. The zero-order valence-corrected chi connectivity index (χ0v) is 16.8. The Morgan fingerprint density at radius 2 is 1.86 bits per heavy atom. The first-order valence-electron chi connectivity index (χ1n) is 9.14. The second kappa shape index (κ2) is 8.60. The molecule has 1 aliphatic rings. The minimum absolute atomic E-state index is 0.0515. The number of amides is 2. The number of hydrogen-bond acceptors (Lipinski definition) is 6. The molecule has 9 heteroatoms. The average Bonchev–Trinajstić information content (AvgIpc) is 3.08. The van der Waals surface area contributed by atoms with Crippen molar-refractivity contribution >= 4 is 38.4 Å². The Balaban J connectivity index is 1.45. The van der Waals surface area contributed by atoms with Crippen molar-refractivity contribution in [3.8, 4) is 0 Å². The summed E-state index contributed by atoms with van der Waals surface area (Å²) in [5.41, 5.74) is 0.412. The quantitative estimate of drug-likeness (QED) is 0.694. The van der Waals surface area contributed by atoms with Crippen LogP contribution in [0.25, 0.3) is 10.8 Å². The van der Waals surface area contributed by atoms with Gasteiger partial charge in [0.05, 0.1) is 11.5 Å². The number of fused-ring (bicyclic) bond motifs is 1. The zero-order chi connectivity index (χ0) is 21.0. The molecule has 2 aromatic carbocycles. The standard InChI is InChI=1S/C20H22N2O6S/c1-22(17-8-9-29(26,27)13-17)18(23)12-28-19(24)11-21-20(25)16-7-6-14-4-2-3-5-15(14)10-16/h2-7,10,17H,8-9,11-13H2,1H3,(H,21,25). The van der Waals surface area contributed by atoms with Crippen LogP contribution in [-0.2, 0) is 24.2 Å². The van der Waals surface area contributed by atoms with Crippen LogP contribution in [0.5, 0.6) is 0 Å². The molecule has 1 unspecified atom stereocenters. The van der Waals surface area contributed by atoms with E-state index in [1.165, 1.54) is 11.9 Å². The predicted molar refractivity (Wildman–Crippen MR) is 107 cm³/mol. The fourth-order valence-electron chi connectivity index (χ4n) is 3.16. The Morgan fingerprint density at radius 1 is 1.14 bits per heavy atom. The van der Waals surface area contributed by atoms with Crippen molar-refractivity contribution in [2.24, 2.45) is 0 Å². The molecule has 0 saturated carbocycles. The molecule has 1 N–H and O–H groups in total. The van der Waals surface area contributed by atoms with Gasteiger partial charge in [0.1, 0.15) is 6.54 Å². The van der Waals surface area contributed by atoms with E-state index in [2.05, 4.69) is 5.32 Å². The largest absolute Gasteiger partial charge is 0.454 e. The predicted octanol–water partition coefficient (Wildman–Crippen LogP) is 0.758.